The maximum Gasteiger partial charge on any atom is 0.329 e. The average Bonchev–Trinajstić information content (AvgIpc) is 2.51. The summed E-state index contributed by atoms with van der Waals surface area (Å²) in [6.07, 6.45) is 2.13. The molecular formula is C15H22N4O3. The Morgan fingerprint density at radius 2 is 1.91 bits per heavy atom. The monoisotopic (exact) mass is 306 g/mol. The lowest BCUT2D eigenvalue weighted by atomic mass is 10.2. The molecule has 7 nitrogen and oxygen atoms in total. The van der Waals surface area contributed by atoms with Gasteiger partial charge in [0.25, 0.3) is 0 Å². The molecule has 1 rings (SSSR count). The number of hydrogen-bond donors (Lipinski definition) is 2. The number of carbonyl (C=O) groups excluding carboxylic acids is 2. The van der Waals surface area contributed by atoms with Gasteiger partial charge in [0.05, 0.1) is 6.21 Å². The summed E-state index contributed by atoms with van der Waals surface area (Å²) in [4.78, 5) is 24.9. The molecule has 0 saturated heterocycles. The summed E-state index contributed by atoms with van der Waals surface area (Å²) >= 11 is 0. The first kappa shape index (κ1) is 17.6. The van der Waals surface area contributed by atoms with Gasteiger partial charge in [0.1, 0.15) is 0 Å². The van der Waals surface area contributed by atoms with Gasteiger partial charge in [-0.25, -0.2) is 5.43 Å². The maximum absolute atomic E-state index is 11.5. The highest BCUT2D eigenvalue weighted by Crippen LogP contribution is 2.10. The van der Waals surface area contributed by atoms with E-state index >= 15 is 0 Å². The standard InChI is InChI=1S/C15H22N4O3/c1-19(2)13-7-5-12(6-8-13)11-17-18-15(21)14(20)16-9-4-10-22-3/h5-8,11H,4,9-10H2,1-3H3,(H,16,20)(H,18,21)/b17-11-. The number of methoxy groups -OCH3 is 1. The Labute approximate surface area is 130 Å². The summed E-state index contributed by atoms with van der Waals surface area (Å²) in [7, 11) is 5.48. The number of hydrogen-bond acceptors (Lipinski definition) is 5. The predicted molar refractivity (Wildman–Crippen MR) is 86.0 cm³/mol. The van der Waals surface area contributed by atoms with Crippen LogP contribution in [0.5, 0.6) is 0 Å². The van der Waals surface area contributed by atoms with Crippen molar-refractivity contribution in [2.24, 2.45) is 5.10 Å². The lowest BCUT2D eigenvalue weighted by molar-refractivity contribution is -0.139. The molecule has 1 aromatic rings. The quantitative estimate of drug-likeness (QED) is 0.330. The van der Waals surface area contributed by atoms with Gasteiger partial charge in [-0.05, 0) is 24.1 Å². The van der Waals surface area contributed by atoms with Crippen LogP contribution in [-0.2, 0) is 14.3 Å². The second-order valence-corrected chi connectivity index (χ2v) is 4.79. The third-order valence-electron chi connectivity index (χ3n) is 2.81. The topological polar surface area (TPSA) is 83.0 Å². The number of amides is 2. The van der Waals surface area contributed by atoms with Crippen LogP contribution in [0.4, 0.5) is 5.69 Å². The van der Waals surface area contributed by atoms with Crippen LogP contribution in [0, 0.1) is 0 Å². The number of hydrazone groups is 1. The van der Waals surface area contributed by atoms with Crippen molar-refractivity contribution in [2.75, 3.05) is 39.3 Å². The minimum atomic E-state index is -0.793. The van der Waals surface area contributed by atoms with E-state index in [1.54, 1.807) is 7.11 Å². The summed E-state index contributed by atoms with van der Waals surface area (Å²) in [6.45, 7) is 0.915. The molecule has 0 unspecified atom stereocenters. The predicted octanol–water partition coefficient (Wildman–Crippen LogP) is 0.355. The van der Waals surface area contributed by atoms with E-state index in [0.29, 0.717) is 19.6 Å². The first-order chi connectivity index (χ1) is 10.5. The second kappa shape index (κ2) is 9.51. The van der Waals surface area contributed by atoms with Crippen LogP contribution in [-0.4, -0.2) is 52.4 Å². The highest BCUT2D eigenvalue weighted by molar-refractivity contribution is 6.35. The van der Waals surface area contributed by atoms with Crippen molar-refractivity contribution in [3.05, 3.63) is 29.8 Å². The second-order valence-electron chi connectivity index (χ2n) is 4.79. The molecule has 2 amide bonds. The number of nitrogens with one attached hydrogen (secondary N) is 2. The van der Waals surface area contributed by atoms with Gasteiger partial charge >= 0.3 is 11.8 Å². The van der Waals surface area contributed by atoms with E-state index in [9.17, 15) is 9.59 Å². The van der Waals surface area contributed by atoms with Gasteiger partial charge in [-0.2, -0.15) is 5.10 Å². The fraction of sp³-hybridized carbons (Fsp3) is 0.400. The van der Waals surface area contributed by atoms with Crippen molar-refractivity contribution in [2.45, 2.75) is 6.42 Å². The van der Waals surface area contributed by atoms with Gasteiger partial charge in [0, 0.05) is 40.0 Å². The lowest BCUT2D eigenvalue weighted by Crippen LogP contribution is -2.38. The van der Waals surface area contributed by atoms with E-state index in [0.717, 1.165) is 11.3 Å². The van der Waals surface area contributed by atoms with Crippen LogP contribution >= 0.6 is 0 Å². The number of carbonyl (C=O) groups is 2. The third kappa shape index (κ3) is 6.36. The SMILES string of the molecule is COCCCNC(=O)C(=O)N/N=C\c1ccc(N(C)C)cc1. The first-order valence-electron chi connectivity index (χ1n) is 6.92. The molecule has 22 heavy (non-hydrogen) atoms. The Balaban J connectivity index is 2.37. The van der Waals surface area contributed by atoms with Crippen LogP contribution in [0.2, 0.25) is 0 Å². The molecule has 0 aliphatic rings. The minimum absolute atomic E-state index is 0.385. The molecular weight excluding hydrogens is 284 g/mol. The number of nitrogens with zero attached hydrogens (tertiary/aromatic N) is 2. The molecule has 0 atom stereocenters. The smallest absolute Gasteiger partial charge is 0.329 e. The zero-order valence-corrected chi connectivity index (χ0v) is 13.1. The molecule has 0 heterocycles. The summed E-state index contributed by atoms with van der Waals surface area (Å²) in [5.74, 6) is -1.50. The normalized spacial score (nSPS) is 10.5. The summed E-state index contributed by atoms with van der Waals surface area (Å²) in [5.41, 5.74) is 4.08. The molecule has 0 saturated carbocycles. The Kier molecular flexibility index (Phi) is 7.63. The molecule has 0 aromatic heterocycles. The van der Waals surface area contributed by atoms with Gasteiger partial charge in [-0.15, -0.1) is 0 Å². The molecule has 0 bridgehead atoms. The van der Waals surface area contributed by atoms with Gasteiger partial charge in [0.2, 0.25) is 0 Å². The van der Waals surface area contributed by atoms with E-state index in [1.165, 1.54) is 6.21 Å². The molecule has 1 aromatic carbocycles. The van der Waals surface area contributed by atoms with Crippen molar-refractivity contribution in [1.82, 2.24) is 10.7 Å². The van der Waals surface area contributed by atoms with Crippen molar-refractivity contribution < 1.29 is 14.3 Å². The van der Waals surface area contributed by atoms with Gasteiger partial charge in [0.15, 0.2) is 0 Å². The van der Waals surface area contributed by atoms with E-state index < -0.39 is 11.8 Å². The Hall–Kier alpha value is -2.41. The van der Waals surface area contributed by atoms with Gasteiger partial charge < -0.3 is 15.0 Å². The fourth-order valence-electron chi connectivity index (χ4n) is 1.57. The molecule has 7 heteroatoms. The zero-order valence-electron chi connectivity index (χ0n) is 13.1. The molecule has 0 spiro atoms. The average molecular weight is 306 g/mol. The summed E-state index contributed by atoms with van der Waals surface area (Å²) < 4.78 is 4.84. The van der Waals surface area contributed by atoms with E-state index in [1.807, 2.05) is 43.3 Å². The molecule has 0 aliphatic heterocycles. The zero-order chi connectivity index (χ0) is 16.4. The van der Waals surface area contributed by atoms with Crippen LogP contribution in [0.25, 0.3) is 0 Å². The van der Waals surface area contributed by atoms with Crippen molar-refractivity contribution in [3.8, 4) is 0 Å². The molecule has 2 N–H and O–H groups in total. The highest BCUT2D eigenvalue weighted by Gasteiger charge is 2.11. The lowest BCUT2D eigenvalue weighted by Gasteiger charge is -2.11. The van der Waals surface area contributed by atoms with Crippen LogP contribution in [0.1, 0.15) is 12.0 Å². The van der Waals surface area contributed by atoms with Crippen LogP contribution < -0.4 is 15.6 Å². The minimum Gasteiger partial charge on any atom is -0.385 e. The van der Waals surface area contributed by atoms with Crippen molar-refractivity contribution in [3.63, 3.8) is 0 Å². The third-order valence-corrected chi connectivity index (χ3v) is 2.81. The molecule has 0 radical (unpaired) electrons. The number of ether oxygens (including phenoxy) is 1. The first-order valence-corrected chi connectivity index (χ1v) is 6.92. The summed E-state index contributed by atoms with van der Waals surface area (Å²) in [6, 6.07) is 7.61. The Morgan fingerprint density at radius 1 is 1.23 bits per heavy atom. The number of benzene rings is 1. The van der Waals surface area contributed by atoms with Crippen molar-refractivity contribution >= 4 is 23.7 Å². The van der Waals surface area contributed by atoms with Gasteiger partial charge in [-0.3, -0.25) is 9.59 Å². The van der Waals surface area contributed by atoms with Crippen LogP contribution in [0.15, 0.2) is 29.4 Å². The van der Waals surface area contributed by atoms with E-state index in [-0.39, 0.29) is 0 Å². The Bertz CT molecular complexity index is 512. The van der Waals surface area contributed by atoms with Gasteiger partial charge in [-0.1, -0.05) is 12.1 Å². The van der Waals surface area contributed by atoms with Crippen molar-refractivity contribution in [1.29, 1.82) is 0 Å². The van der Waals surface area contributed by atoms with Crippen LogP contribution in [0.3, 0.4) is 0 Å². The maximum atomic E-state index is 11.5. The largest absolute Gasteiger partial charge is 0.385 e. The number of anilines is 1. The molecule has 0 fully saturated rings. The Morgan fingerprint density at radius 3 is 2.50 bits per heavy atom. The number of rotatable bonds is 7. The molecule has 120 valence electrons. The molecule has 0 aliphatic carbocycles. The van der Waals surface area contributed by atoms with E-state index in [4.69, 9.17) is 4.74 Å². The van der Waals surface area contributed by atoms with E-state index in [2.05, 4.69) is 15.8 Å². The highest BCUT2D eigenvalue weighted by atomic mass is 16.5. The fourth-order valence-corrected chi connectivity index (χ4v) is 1.57. The summed E-state index contributed by atoms with van der Waals surface area (Å²) in [5, 5.41) is 6.23.